The van der Waals surface area contributed by atoms with Crippen molar-refractivity contribution in [2.24, 2.45) is 7.05 Å². The lowest BCUT2D eigenvalue weighted by molar-refractivity contribution is 0.0708. The Morgan fingerprint density at radius 1 is 1.61 bits per heavy atom. The molecule has 6 nitrogen and oxygen atoms in total. The molecule has 6 heteroatoms. The van der Waals surface area contributed by atoms with Crippen LogP contribution >= 0.6 is 0 Å². The summed E-state index contributed by atoms with van der Waals surface area (Å²) in [5.74, 6) is -0.284. The Morgan fingerprint density at radius 2 is 2.39 bits per heavy atom. The van der Waals surface area contributed by atoms with Gasteiger partial charge in [-0.1, -0.05) is 0 Å². The monoisotopic (exact) mass is 251 g/mol. The maximum atomic E-state index is 11.9. The molecule has 0 aromatic carbocycles. The number of nitrogens with zero attached hydrogens (tertiary/aromatic N) is 2. The second-order valence-electron chi connectivity index (χ2n) is 4.49. The molecule has 2 atom stereocenters. The average Bonchev–Trinajstić information content (AvgIpc) is 2.86. The normalized spacial score (nSPS) is 20.7. The molecular weight excluding hydrogens is 234 g/mol. The van der Waals surface area contributed by atoms with Crippen LogP contribution in [0.4, 0.5) is 0 Å². The van der Waals surface area contributed by atoms with E-state index < -0.39 is 0 Å². The molecule has 0 aliphatic carbocycles. The van der Waals surface area contributed by atoms with Crippen LogP contribution in [0.25, 0.3) is 0 Å². The van der Waals surface area contributed by atoms with Crippen LogP contribution in [0.15, 0.2) is 16.9 Å². The first-order valence-corrected chi connectivity index (χ1v) is 6.05. The molecule has 1 aliphatic heterocycles. The fourth-order valence-electron chi connectivity index (χ4n) is 1.99. The Hall–Kier alpha value is -1.69. The molecule has 98 valence electrons. The average molecular weight is 251 g/mol. The molecule has 2 heterocycles. The third-order valence-electron chi connectivity index (χ3n) is 3.07. The molecule has 1 saturated heterocycles. The summed E-state index contributed by atoms with van der Waals surface area (Å²) in [6.07, 6.45) is 2.06. The van der Waals surface area contributed by atoms with Crippen LogP contribution in [0.3, 0.4) is 0 Å². The van der Waals surface area contributed by atoms with Gasteiger partial charge >= 0.3 is 0 Å². The second-order valence-corrected chi connectivity index (χ2v) is 4.49. The molecule has 1 aromatic rings. The Labute approximate surface area is 105 Å². The maximum Gasteiger partial charge on any atom is 0.272 e. The van der Waals surface area contributed by atoms with E-state index in [0.717, 1.165) is 24.1 Å². The summed E-state index contributed by atoms with van der Waals surface area (Å²) >= 11 is 0. The fourth-order valence-corrected chi connectivity index (χ4v) is 1.99. The summed E-state index contributed by atoms with van der Waals surface area (Å²) in [6, 6.07) is 2.71. The van der Waals surface area contributed by atoms with Gasteiger partial charge in [0.2, 0.25) is 0 Å². The van der Waals surface area contributed by atoms with Crippen molar-refractivity contribution in [1.29, 1.82) is 0 Å². The molecule has 0 saturated carbocycles. The van der Waals surface area contributed by atoms with E-state index in [-0.39, 0.29) is 29.3 Å². The molecule has 2 rings (SSSR count). The zero-order valence-electron chi connectivity index (χ0n) is 10.5. The summed E-state index contributed by atoms with van der Waals surface area (Å²) < 4.78 is 6.65. The number of carbonyl (C=O) groups excluding carboxylic acids is 1. The van der Waals surface area contributed by atoms with Gasteiger partial charge < -0.3 is 10.1 Å². The molecule has 0 radical (unpaired) electrons. The molecule has 0 bridgehead atoms. The highest BCUT2D eigenvalue weighted by atomic mass is 16.5. The highest BCUT2D eigenvalue weighted by Gasteiger charge is 2.24. The molecule has 18 heavy (non-hydrogen) atoms. The molecule has 1 fully saturated rings. The van der Waals surface area contributed by atoms with Gasteiger partial charge in [0.05, 0.1) is 12.1 Å². The predicted molar refractivity (Wildman–Crippen MR) is 65.4 cm³/mol. The first-order chi connectivity index (χ1) is 8.58. The summed E-state index contributed by atoms with van der Waals surface area (Å²) in [5.41, 5.74) is 0.000622. The Kier molecular flexibility index (Phi) is 3.76. The van der Waals surface area contributed by atoms with Gasteiger partial charge in [-0.05, 0) is 25.8 Å². The lowest BCUT2D eigenvalue weighted by Crippen LogP contribution is -2.41. The number of rotatable bonds is 3. The van der Waals surface area contributed by atoms with Crippen LogP contribution < -0.4 is 10.9 Å². The van der Waals surface area contributed by atoms with Gasteiger partial charge in [0.25, 0.3) is 11.5 Å². The summed E-state index contributed by atoms with van der Waals surface area (Å²) in [7, 11) is 1.52. The van der Waals surface area contributed by atoms with E-state index in [1.54, 1.807) is 0 Å². The van der Waals surface area contributed by atoms with E-state index in [2.05, 4.69) is 10.4 Å². The van der Waals surface area contributed by atoms with Gasteiger partial charge in [0.1, 0.15) is 5.69 Å². The highest BCUT2D eigenvalue weighted by molar-refractivity contribution is 5.92. The fraction of sp³-hybridized carbons (Fsp3) is 0.583. The van der Waals surface area contributed by atoms with Crippen LogP contribution in [-0.4, -0.2) is 34.4 Å². The molecule has 1 amide bonds. The van der Waals surface area contributed by atoms with Crippen molar-refractivity contribution in [2.45, 2.75) is 31.9 Å². The van der Waals surface area contributed by atoms with Crippen molar-refractivity contribution in [3.63, 3.8) is 0 Å². The lowest BCUT2D eigenvalue weighted by Gasteiger charge is -2.19. The van der Waals surface area contributed by atoms with Crippen LogP contribution in [0.1, 0.15) is 30.3 Å². The third kappa shape index (κ3) is 2.76. The van der Waals surface area contributed by atoms with E-state index >= 15 is 0 Å². The van der Waals surface area contributed by atoms with E-state index in [9.17, 15) is 9.59 Å². The molecule has 0 unspecified atom stereocenters. The minimum Gasteiger partial charge on any atom is -0.376 e. The van der Waals surface area contributed by atoms with Crippen LogP contribution in [0.2, 0.25) is 0 Å². The van der Waals surface area contributed by atoms with Crippen molar-refractivity contribution in [3.8, 4) is 0 Å². The Morgan fingerprint density at radius 3 is 3.00 bits per heavy atom. The summed E-state index contributed by atoms with van der Waals surface area (Å²) in [4.78, 5) is 23.1. The van der Waals surface area contributed by atoms with Crippen LogP contribution in [0.5, 0.6) is 0 Å². The molecule has 0 spiro atoms. The molecule has 1 N–H and O–H groups in total. The smallest absolute Gasteiger partial charge is 0.272 e. The minimum atomic E-state index is -0.284. The summed E-state index contributed by atoms with van der Waals surface area (Å²) in [5, 5.41) is 6.75. The first-order valence-electron chi connectivity index (χ1n) is 6.05. The molecular formula is C12H17N3O3. The van der Waals surface area contributed by atoms with Crippen molar-refractivity contribution in [1.82, 2.24) is 15.1 Å². The predicted octanol–water partition coefficient (Wildman–Crippen LogP) is 0.0776. The lowest BCUT2D eigenvalue weighted by atomic mass is 10.1. The first kappa shape index (κ1) is 12.8. The standard InChI is InChI=1S/C12H17N3O3/c1-8(10-4-3-7-18-10)13-12(17)9-5-6-11(16)15(2)14-9/h5-6,8,10H,3-4,7H2,1-2H3,(H,13,17)/t8-,10-/m0/s1. The third-order valence-corrected chi connectivity index (χ3v) is 3.07. The van der Waals surface area contributed by atoms with Crippen molar-refractivity contribution in [3.05, 3.63) is 28.2 Å². The van der Waals surface area contributed by atoms with Crippen molar-refractivity contribution in [2.75, 3.05) is 6.61 Å². The van der Waals surface area contributed by atoms with Gasteiger partial charge in [-0.15, -0.1) is 0 Å². The number of hydrogen-bond donors (Lipinski definition) is 1. The number of aromatic nitrogens is 2. The summed E-state index contributed by atoms with van der Waals surface area (Å²) in [6.45, 7) is 2.67. The number of aryl methyl sites for hydroxylation is 1. The molecule has 1 aromatic heterocycles. The Bertz CT molecular complexity index is 492. The topological polar surface area (TPSA) is 73.2 Å². The van der Waals surface area contributed by atoms with E-state index in [4.69, 9.17) is 4.74 Å². The number of hydrogen-bond acceptors (Lipinski definition) is 4. The van der Waals surface area contributed by atoms with Crippen molar-refractivity contribution >= 4 is 5.91 Å². The quantitative estimate of drug-likeness (QED) is 0.825. The SMILES string of the molecule is C[C@H](NC(=O)c1ccc(=O)n(C)n1)[C@@H]1CCCO1. The van der Waals surface area contributed by atoms with Gasteiger partial charge in [-0.2, -0.15) is 5.10 Å². The van der Waals surface area contributed by atoms with Gasteiger partial charge in [-0.25, -0.2) is 4.68 Å². The molecule has 1 aliphatic rings. The number of carbonyl (C=O) groups is 1. The minimum absolute atomic E-state index is 0.0564. The number of ether oxygens (including phenoxy) is 1. The van der Waals surface area contributed by atoms with E-state index in [1.807, 2.05) is 6.92 Å². The van der Waals surface area contributed by atoms with Crippen molar-refractivity contribution < 1.29 is 9.53 Å². The van der Waals surface area contributed by atoms with Gasteiger partial charge in [0.15, 0.2) is 0 Å². The zero-order chi connectivity index (χ0) is 13.1. The second kappa shape index (κ2) is 5.30. The number of amides is 1. The zero-order valence-corrected chi connectivity index (χ0v) is 10.5. The number of nitrogens with one attached hydrogen (secondary N) is 1. The van der Waals surface area contributed by atoms with E-state index in [1.165, 1.54) is 19.2 Å². The van der Waals surface area contributed by atoms with Gasteiger partial charge in [-0.3, -0.25) is 9.59 Å². The van der Waals surface area contributed by atoms with Crippen LogP contribution in [-0.2, 0) is 11.8 Å². The highest BCUT2D eigenvalue weighted by Crippen LogP contribution is 2.15. The maximum absolute atomic E-state index is 11.9. The van der Waals surface area contributed by atoms with Crippen LogP contribution in [0, 0.1) is 0 Å². The van der Waals surface area contributed by atoms with E-state index in [0.29, 0.717) is 0 Å². The Balaban J connectivity index is 2.02. The van der Waals surface area contributed by atoms with Gasteiger partial charge in [0, 0.05) is 19.7 Å². The largest absolute Gasteiger partial charge is 0.376 e.